The molecule has 0 unspecified atom stereocenters. The van der Waals surface area contributed by atoms with Gasteiger partial charge in [0.05, 0.1) is 6.61 Å². The molecule has 0 aliphatic heterocycles. The molecule has 17 heavy (non-hydrogen) atoms. The molecule has 0 atom stereocenters. The number of unbranched alkanes of at least 4 members (excludes halogenated alkanes) is 2. The first-order chi connectivity index (χ1) is 8.06. The van der Waals surface area contributed by atoms with Crippen LogP contribution in [-0.4, -0.2) is 24.5 Å². The number of carbonyl (C=O) groups excluding carboxylic acids is 3. The lowest BCUT2D eigenvalue weighted by Crippen LogP contribution is -2.12. The molecule has 0 N–H and O–H groups in total. The normalized spacial score (nSPS) is 9.76. The van der Waals surface area contributed by atoms with Crippen LogP contribution in [0.15, 0.2) is 0 Å². The van der Waals surface area contributed by atoms with E-state index < -0.39 is 11.9 Å². The van der Waals surface area contributed by atoms with Gasteiger partial charge in [-0.3, -0.25) is 14.4 Å². The summed E-state index contributed by atoms with van der Waals surface area (Å²) in [7, 11) is 0. The predicted octanol–water partition coefficient (Wildman–Crippen LogP) is 1.98. The molecule has 0 aromatic heterocycles. The molecule has 0 radical (unpaired) electrons. The van der Waals surface area contributed by atoms with Crippen LogP contribution in [0.2, 0.25) is 0 Å². The van der Waals surface area contributed by atoms with Crippen LogP contribution in [0.1, 0.15) is 52.4 Å². The van der Waals surface area contributed by atoms with Gasteiger partial charge in [-0.1, -0.05) is 13.3 Å². The van der Waals surface area contributed by atoms with Crippen molar-refractivity contribution in [3.63, 3.8) is 0 Å². The standard InChI is InChI=1S/C12H20O5/c1-3-4-7-11(14)17-12(15)8-5-6-9-16-10(2)13/h3-9H2,1-2H3. The number of rotatable bonds is 8. The van der Waals surface area contributed by atoms with E-state index in [-0.39, 0.29) is 18.8 Å². The average Bonchev–Trinajstić information content (AvgIpc) is 2.25. The lowest BCUT2D eigenvalue weighted by atomic mass is 10.2. The third-order valence-corrected chi connectivity index (χ3v) is 2.04. The second-order valence-corrected chi connectivity index (χ2v) is 3.75. The smallest absolute Gasteiger partial charge is 0.313 e. The van der Waals surface area contributed by atoms with E-state index >= 15 is 0 Å². The molecule has 0 fully saturated rings. The molecule has 0 rings (SSSR count). The minimum Gasteiger partial charge on any atom is -0.466 e. The fraction of sp³-hybridized carbons (Fsp3) is 0.750. The van der Waals surface area contributed by atoms with Crippen molar-refractivity contribution in [1.29, 1.82) is 0 Å². The SMILES string of the molecule is CCCCC(=O)OC(=O)CCCCOC(C)=O. The summed E-state index contributed by atoms with van der Waals surface area (Å²) < 4.78 is 9.29. The number of carbonyl (C=O) groups is 3. The summed E-state index contributed by atoms with van der Waals surface area (Å²) >= 11 is 0. The molecule has 0 saturated carbocycles. The van der Waals surface area contributed by atoms with Crippen LogP contribution in [0.4, 0.5) is 0 Å². The maximum Gasteiger partial charge on any atom is 0.313 e. The third-order valence-electron chi connectivity index (χ3n) is 2.04. The maximum absolute atomic E-state index is 11.2. The van der Waals surface area contributed by atoms with E-state index in [0.29, 0.717) is 19.4 Å². The Morgan fingerprint density at radius 3 is 2.06 bits per heavy atom. The van der Waals surface area contributed by atoms with E-state index in [4.69, 9.17) is 4.74 Å². The summed E-state index contributed by atoms with van der Waals surface area (Å²) in [5, 5.41) is 0. The van der Waals surface area contributed by atoms with Crippen LogP contribution < -0.4 is 0 Å². The van der Waals surface area contributed by atoms with Crippen LogP contribution in [0.25, 0.3) is 0 Å². The van der Waals surface area contributed by atoms with Crippen LogP contribution in [0.5, 0.6) is 0 Å². The highest BCUT2D eigenvalue weighted by Gasteiger charge is 2.09. The van der Waals surface area contributed by atoms with Crippen LogP contribution >= 0.6 is 0 Å². The Balaban J connectivity index is 3.46. The van der Waals surface area contributed by atoms with Crippen molar-refractivity contribution in [2.45, 2.75) is 52.4 Å². The minimum absolute atomic E-state index is 0.180. The number of esters is 3. The van der Waals surface area contributed by atoms with E-state index in [1.54, 1.807) is 0 Å². The van der Waals surface area contributed by atoms with Gasteiger partial charge >= 0.3 is 17.9 Å². The molecule has 0 saturated heterocycles. The Morgan fingerprint density at radius 2 is 1.53 bits per heavy atom. The van der Waals surface area contributed by atoms with E-state index in [2.05, 4.69) is 4.74 Å². The van der Waals surface area contributed by atoms with Gasteiger partial charge in [0.15, 0.2) is 0 Å². The topological polar surface area (TPSA) is 69.7 Å². The Kier molecular flexibility index (Phi) is 9.01. The van der Waals surface area contributed by atoms with E-state index in [0.717, 1.165) is 12.8 Å². The second-order valence-electron chi connectivity index (χ2n) is 3.75. The monoisotopic (exact) mass is 244 g/mol. The van der Waals surface area contributed by atoms with Crippen molar-refractivity contribution in [2.75, 3.05) is 6.61 Å². The molecule has 0 bridgehead atoms. The summed E-state index contributed by atoms with van der Waals surface area (Å²) in [5.74, 6) is -1.30. The van der Waals surface area contributed by atoms with E-state index in [1.807, 2.05) is 6.92 Å². The van der Waals surface area contributed by atoms with E-state index in [1.165, 1.54) is 6.92 Å². The summed E-state index contributed by atoms with van der Waals surface area (Å²) in [5.41, 5.74) is 0. The van der Waals surface area contributed by atoms with E-state index in [9.17, 15) is 14.4 Å². The highest BCUT2D eigenvalue weighted by atomic mass is 16.6. The largest absolute Gasteiger partial charge is 0.466 e. The first kappa shape index (κ1) is 15.6. The van der Waals surface area contributed by atoms with Gasteiger partial charge in [-0.15, -0.1) is 0 Å². The molecule has 0 aromatic carbocycles. The highest BCUT2D eigenvalue weighted by molar-refractivity contribution is 5.85. The van der Waals surface area contributed by atoms with Crippen molar-refractivity contribution in [3.05, 3.63) is 0 Å². The Hall–Kier alpha value is -1.39. The van der Waals surface area contributed by atoms with Crippen LogP contribution in [0, 0.1) is 0 Å². The summed E-state index contributed by atoms with van der Waals surface area (Å²) in [6.07, 6.45) is 3.24. The molecule has 0 heterocycles. The summed E-state index contributed by atoms with van der Waals surface area (Å²) in [6.45, 7) is 3.59. The van der Waals surface area contributed by atoms with Crippen molar-refractivity contribution in [3.8, 4) is 0 Å². The zero-order chi connectivity index (χ0) is 13.1. The molecule has 5 nitrogen and oxygen atoms in total. The number of hydrogen-bond donors (Lipinski definition) is 0. The molecule has 0 aliphatic carbocycles. The molecule has 0 aromatic rings. The first-order valence-corrected chi connectivity index (χ1v) is 5.93. The zero-order valence-electron chi connectivity index (χ0n) is 10.5. The van der Waals surface area contributed by atoms with Gasteiger partial charge < -0.3 is 9.47 Å². The average molecular weight is 244 g/mol. The lowest BCUT2D eigenvalue weighted by molar-refractivity contribution is -0.159. The van der Waals surface area contributed by atoms with Gasteiger partial charge in [0.1, 0.15) is 0 Å². The van der Waals surface area contributed by atoms with Crippen molar-refractivity contribution >= 4 is 17.9 Å². The van der Waals surface area contributed by atoms with Crippen molar-refractivity contribution in [2.24, 2.45) is 0 Å². The maximum atomic E-state index is 11.2. The van der Waals surface area contributed by atoms with Gasteiger partial charge in [-0.25, -0.2) is 0 Å². The molecule has 0 aliphatic rings. The molecule has 0 spiro atoms. The second kappa shape index (κ2) is 9.81. The summed E-state index contributed by atoms with van der Waals surface area (Å²) in [4.78, 5) is 32.7. The highest BCUT2D eigenvalue weighted by Crippen LogP contribution is 2.02. The Bertz CT molecular complexity index is 260. The van der Waals surface area contributed by atoms with Gasteiger partial charge in [-0.2, -0.15) is 0 Å². The third kappa shape index (κ3) is 10.9. The fourth-order valence-electron chi connectivity index (χ4n) is 1.14. The molecular formula is C12H20O5. The lowest BCUT2D eigenvalue weighted by Gasteiger charge is -2.03. The van der Waals surface area contributed by atoms with Gasteiger partial charge in [0.25, 0.3) is 0 Å². The van der Waals surface area contributed by atoms with Crippen LogP contribution in [0.3, 0.4) is 0 Å². The van der Waals surface area contributed by atoms with Crippen molar-refractivity contribution in [1.82, 2.24) is 0 Å². The Labute approximate surface area is 101 Å². The van der Waals surface area contributed by atoms with Gasteiger partial charge in [0.2, 0.25) is 0 Å². The van der Waals surface area contributed by atoms with Gasteiger partial charge in [-0.05, 0) is 19.3 Å². The van der Waals surface area contributed by atoms with Gasteiger partial charge in [0, 0.05) is 19.8 Å². The fourth-order valence-corrected chi connectivity index (χ4v) is 1.14. The zero-order valence-corrected chi connectivity index (χ0v) is 10.5. The molecule has 98 valence electrons. The van der Waals surface area contributed by atoms with Crippen LogP contribution in [-0.2, 0) is 23.9 Å². The molecular weight excluding hydrogens is 224 g/mol. The number of hydrogen-bond acceptors (Lipinski definition) is 5. The summed E-state index contributed by atoms with van der Waals surface area (Å²) in [6, 6.07) is 0. The quantitative estimate of drug-likeness (QED) is 0.371. The first-order valence-electron chi connectivity index (χ1n) is 5.93. The van der Waals surface area contributed by atoms with Crippen molar-refractivity contribution < 1.29 is 23.9 Å². The minimum atomic E-state index is -0.506. The molecule has 0 amide bonds. The predicted molar refractivity (Wildman–Crippen MR) is 61.1 cm³/mol. The Morgan fingerprint density at radius 1 is 0.941 bits per heavy atom. The number of ether oxygens (including phenoxy) is 2. The molecule has 5 heteroatoms.